The maximum absolute atomic E-state index is 11.9. The zero-order valence-corrected chi connectivity index (χ0v) is 13.5. The molecule has 6 nitrogen and oxygen atoms in total. The molecule has 0 bridgehead atoms. The van der Waals surface area contributed by atoms with E-state index in [0.29, 0.717) is 13.1 Å². The van der Waals surface area contributed by atoms with Gasteiger partial charge in [0, 0.05) is 19.7 Å². The molecule has 0 spiro atoms. The minimum atomic E-state index is -0.505. The zero-order chi connectivity index (χ0) is 15.9. The van der Waals surface area contributed by atoms with Crippen LogP contribution in [0.2, 0.25) is 0 Å². The highest BCUT2D eigenvalue weighted by Crippen LogP contribution is 2.14. The van der Waals surface area contributed by atoms with E-state index < -0.39 is 5.60 Å². The summed E-state index contributed by atoms with van der Waals surface area (Å²) in [5, 5.41) is 0. The van der Waals surface area contributed by atoms with Crippen molar-refractivity contribution in [3.8, 4) is 0 Å². The average molecular weight is 301 g/mol. The Bertz CT molecular complexity index is 344. The van der Waals surface area contributed by atoms with Gasteiger partial charge in [0.2, 0.25) is 0 Å². The summed E-state index contributed by atoms with van der Waals surface area (Å²) in [5.74, 6) is -0.568. The number of hydrogen-bond donors (Lipinski definition) is 0. The van der Waals surface area contributed by atoms with Gasteiger partial charge in [0.05, 0.1) is 26.2 Å². The molecule has 1 heterocycles. The molecule has 1 atom stereocenters. The first-order chi connectivity index (χ1) is 9.80. The molecule has 0 saturated carbocycles. The Kier molecular flexibility index (Phi) is 7.11. The van der Waals surface area contributed by atoms with Gasteiger partial charge in [-0.2, -0.15) is 0 Å². The van der Waals surface area contributed by atoms with Crippen molar-refractivity contribution in [3.05, 3.63) is 0 Å². The monoisotopic (exact) mass is 301 g/mol. The Morgan fingerprint density at radius 2 is 2.00 bits per heavy atom. The Hall–Kier alpha value is -1.14. The predicted octanol–water partition coefficient (Wildman–Crippen LogP) is 1.37. The highest BCUT2D eigenvalue weighted by atomic mass is 16.6. The molecule has 1 aliphatic heterocycles. The van der Waals surface area contributed by atoms with E-state index in [1.54, 1.807) is 0 Å². The number of hydrogen-bond acceptors (Lipinski definition) is 6. The van der Waals surface area contributed by atoms with Crippen molar-refractivity contribution in [2.24, 2.45) is 0 Å². The van der Waals surface area contributed by atoms with E-state index in [-0.39, 0.29) is 31.0 Å². The fourth-order valence-corrected chi connectivity index (χ4v) is 2.22. The molecule has 1 rings (SSSR count). The third kappa shape index (κ3) is 8.02. The first-order valence-corrected chi connectivity index (χ1v) is 7.43. The molecule has 6 heteroatoms. The molecular formula is C15H27NO5. The maximum Gasteiger partial charge on any atom is 0.320 e. The van der Waals surface area contributed by atoms with E-state index in [9.17, 15) is 9.59 Å². The summed E-state index contributed by atoms with van der Waals surface area (Å²) in [6.07, 6.45) is 2.42. The van der Waals surface area contributed by atoms with Gasteiger partial charge >= 0.3 is 11.9 Å². The van der Waals surface area contributed by atoms with E-state index in [0.717, 1.165) is 19.4 Å². The smallest absolute Gasteiger partial charge is 0.320 e. The van der Waals surface area contributed by atoms with Crippen molar-refractivity contribution in [2.75, 3.05) is 33.4 Å². The second-order valence-corrected chi connectivity index (χ2v) is 6.28. The van der Waals surface area contributed by atoms with E-state index in [1.807, 2.05) is 25.7 Å². The van der Waals surface area contributed by atoms with Crippen molar-refractivity contribution in [2.45, 2.75) is 51.7 Å². The van der Waals surface area contributed by atoms with Crippen LogP contribution in [0.15, 0.2) is 0 Å². The normalized spacial score (nSPS) is 18.8. The Balaban J connectivity index is 2.49. The van der Waals surface area contributed by atoms with Crippen LogP contribution in [0.25, 0.3) is 0 Å². The van der Waals surface area contributed by atoms with Crippen LogP contribution in [-0.4, -0.2) is 61.9 Å². The summed E-state index contributed by atoms with van der Waals surface area (Å²) in [4.78, 5) is 25.1. The zero-order valence-electron chi connectivity index (χ0n) is 13.5. The lowest BCUT2D eigenvalue weighted by Gasteiger charge is -2.26. The molecular weight excluding hydrogens is 274 g/mol. The summed E-state index contributed by atoms with van der Waals surface area (Å²) in [6, 6.07) is 0. The lowest BCUT2D eigenvalue weighted by molar-refractivity contribution is -0.157. The van der Waals surface area contributed by atoms with Crippen LogP contribution in [-0.2, 0) is 23.8 Å². The molecule has 0 radical (unpaired) electrons. The Morgan fingerprint density at radius 3 is 2.52 bits per heavy atom. The predicted molar refractivity (Wildman–Crippen MR) is 77.9 cm³/mol. The van der Waals surface area contributed by atoms with Crippen LogP contribution in [0.4, 0.5) is 0 Å². The molecule has 1 aliphatic rings. The van der Waals surface area contributed by atoms with Crippen LogP contribution in [0, 0.1) is 0 Å². The number of methoxy groups -OCH3 is 1. The number of carbonyl (C=O) groups excluding carboxylic acids is 2. The summed E-state index contributed by atoms with van der Waals surface area (Å²) in [6.45, 7) is 7.54. The van der Waals surface area contributed by atoms with Crippen LogP contribution in [0.5, 0.6) is 0 Å². The first kappa shape index (κ1) is 17.9. The van der Waals surface area contributed by atoms with Gasteiger partial charge in [-0.15, -0.1) is 0 Å². The van der Waals surface area contributed by atoms with Crippen LogP contribution in [0.1, 0.15) is 40.0 Å². The number of esters is 2. The molecule has 122 valence electrons. The second kappa shape index (κ2) is 8.34. The number of ether oxygens (including phenoxy) is 3. The van der Waals surface area contributed by atoms with Gasteiger partial charge in [0.1, 0.15) is 5.60 Å². The highest BCUT2D eigenvalue weighted by Gasteiger charge is 2.23. The molecule has 1 fully saturated rings. The van der Waals surface area contributed by atoms with Crippen LogP contribution in [0.3, 0.4) is 0 Å². The maximum atomic E-state index is 11.9. The fourth-order valence-electron chi connectivity index (χ4n) is 2.22. The topological polar surface area (TPSA) is 65.1 Å². The summed E-state index contributed by atoms with van der Waals surface area (Å²) in [5.41, 5.74) is -0.505. The Labute approximate surface area is 126 Å². The van der Waals surface area contributed by atoms with E-state index >= 15 is 0 Å². The van der Waals surface area contributed by atoms with Crippen molar-refractivity contribution in [1.29, 1.82) is 0 Å². The summed E-state index contributed by atoms with van der Waals surface area (Å²) >= 11 is 0. The first-order valence-electron chi connectivity index (χ1n) is 7.43. The summed E-state index contributed by atoms with van der Waals surface area (Å²) < 4.78 is 15.6. The van der Waals surface area contributed by atoms with Crippen molar-refractivity contribution in [3.63, 3.8) is 0 Å². The SMILES string of the molecule is COC(=O)CCN(CC(=O)OC(C)(C)C)CC1CCCO1. The summed E-state index contributed by atoms with van der Waals surface area (Å²) in [7, 11) is 1.36. The third-order valence-electron chi connectivity index (χ3n) is 3.12. The molecule has 0 aromatic heterocycles. The molecule has 1 saturated heterocycles. The lowest BCUT2D eigenvalue weighted by atomic mass is 10.2. The van der Waals surface area contributed by atoms with Crippen molar-refractivity contribution in [1.82, 2.24) is 4.90 Å². The molecule has 1 unspecified atom stereocenters. The van der Waals surface area contributed by atoms with E-state index in [4.69, 9.17) is 9.47 Å². The lowest BCUT2D eigenvalue weighted by Crippen LogP contribution is -2.40. The highest BCUT2D eigenvalue weighted by molar-refractivity contribution is 5.72. The van der Waals surface area contributed by atoms with Crippen molar-refractivity contribution >= 4 is 11.9 Å². The Morgan fingerprint density at radius 1 is 1.29 bits per heavy atom. The molecule has 21 heavy (non-hydrogen) atoms. The largest absolute Gasteiger partial charge is 0.469 e. The van der Waals surface area contributed by atoms with E-state index in [1.165, 1.54) is 7.11 Å². The standard InChI is InChI=1S/C15H27NO5/c1-15(2,3)21-14(18)11-16(8-7-13(17)19-4)10-12-6-5-9-20-12/h12H,5-11H2,1-4H3. The average Bonchev–Trinajstić information content (AvgIpc) is 2.86. The molecule has 0 N–H and O–H groups in total. The van der Waals surface area contributed by atoms with Gasteiger partial charge in [-0.25, -0.2) is 0 Å². The fraction of sp³-hybridized carbons (Fsp3) is 0.867. The number of carbonyl (C=O) groups is 2. The van der Waals surface area contributed by atoms with Gasteiger partial charge in [-0.3, -0.25) is 14.5 Å². The molecule has 0 aromatic carbocycles. The molecule has 0 aromatic rings. The van der Waals surface area contributed by atoms with Crippen LogP contribution >= 0.6 is 0 Å². The van der Waals surface area contributed by atoms with Gasteiger partial charge in [-0.05, 0) is 33.6 Å². The molecule has 0 aliphatic carbocycles. The minimum absolute atomic E-state index is 0.130. The third-order valence-corrected chi connectivity index (χ3v) is 3.12. The van der Waals surface area contributed by atoms with Gasteiger partial charge < -0.3 is 14.2 Å². The molecule has 0 amide bonds. The van der Waals surface area contributed by atoms with Gasteiger partial charge in [-0.1, -0.05) is 0 Å². The van der Waals surface area contributed by atoms with Crippen LogP contribution < -0.4 is 0 Å². The van der Waals surface area contributed by atoms with E-state index in [2.05, 4.69) is 4.74 Å². The van der Waals surface area contributed by atoms with Gasteiger partial charge in [0.15, 0.2) is 0 Å². The van der Waals surface area contributed by atoms with Crippen molar-refractivity contribution < 1.29 is 23.8 Å². The van der Waals surface area contributed by atoms with Gasteiger partial charge in [0.25, 0.3) is 0 Å². The second-order valence-electron chi connectivity index (χ2n) is 6.28. The minimum Gasteiger partial charge on any atom is -0.469 e. The quantitative estimate of drug-likeness (QED) is 0.662. The number of nitrogens with zero attached hydrogens (tertiary/aromatic N) is 1. The number of rotatable bonds is 7.